The zero-order chi connectivity index (χ0) is 38.6. The molecule has 3 heteroatoms. The van der Waals surface area contributed by atoms with Crippen LogP contribution in [-0.2, 0) is 0 Å². The highest BCUT2D eigenvalue weighted by Gasteiger charge is 2.24. The molecule has 10 aromatic carbocycles. The summed E-state index contributed by atoms with van der Waals surface area (Å²) >= 11 is 1.85. The molecule has 0 N–H and O–H groups in total. The number of rotatable bonds is 4. The number of benzene rings is 10. The summed E-state index contributed by atoms with van der Waals surface area (Å²) in [5.74, 6) is 0. The highest BCUT2D eigenvalue weighted by atomic mass is 32.1. The SMILES string of the molecule is c1ccc(-c2cccc(-c3sc4cc5oc6ccccc6c5cc4c3-c3c4ccccc4c(-c4ccc5c(ccc6c7ccccc7oc56)c4)c4ccccc34)c2)cc1. The zero-order valence-electron chi connectivity index (χ0n) is 31.7. The minimum atomic E-state index is 0.911. The number of thiophene rings is 1. The van der Waals surface area contributed by atoms with E-state index in [2.05, 4.69) is 182 Å². The molecule has 0 aliphatic carbocycles. The summed E-state index contributed by atoms with van der Waals surface area (Å²) < 4.78 is 14.1. The topological polar surface area (TPSA) is 26.3 Å². The van der Waals surface area contributed by atoms with E-state index in [1.165, 1.54) is 75.5 Å². The molecule has 0 aliphatic heterocycles. The van der Waals surface area contributed by atoms with Gasteiger partial charge in [-0.1, -0.05) is 146 Å². The fourth-order valence-electron chi connectivity index (χ4n) is 9.61. The zero-order valence-corrected chi connectivity index (χ0v) is 32.5. The molecule has 13 rings (SSSR count). The van der Waals surface area contributed by atoms with E-state index in [0.717, 1.165) is 54.6 Å². The van der Waals surface area contributed by atoms with Gasteiger partial charge >= 0.3 is 0 Å². The smallest absolute Gasteiger partial charge is 0.143 e. The summed E-state index contributed by atoms with van der Waals surface area (Å²) in [6, 6.07) is 70.4. The van der Waals surface area contributed by atoms with Crippen LogP contribution >= 0.6 is 11.3 Å². The van der Waals surface area contributed by atoms with Gasteiger partial charge in [-0.25, -0.2) is 0 Å². The molecule has 3 aromatic heterocycles. The van der Waals surface area contributed by atoms with Crippen LogP contribution in [0.5, 0.6) is 0 Å². The fraction of sp³-hybridized carbons (Fsp3) is 0. The van der Waals surface area contributed by atoms with E-state index in [-0.39, 0.29) is 0 Å². The minimum Gasteiger partial charge on any atom is -0.456 e. The Morgan fingerprint density at radius 2 is 0.881 bits per heavy atom. The molecule has 0 spiro atoms. The lowest BCUT2D eigenvalue weighted by atomic mass is 9.84. The van der Waals surface area contributed by atoms with E-state index in [9.17, 15) is 0 Å². The Kier molecular flexibility index (Phi) is 6.92. The van der Waals surface area contributed by atoms with E-state index in [4.69, 9.17) is 8.83 Å². The first-order chi connectivity index (χ1) is 29.2. The van der Waals surface area contributed by atoms with Crippen molar-refractivity contribution in [2.75, 3.05) is 0 Å². The monoisotopic (exact) mass is 768 g/mol. The average Bonchev–Trinajstić information content (AvgIpc) is 3.98. The van der Waals surface area contributed by atoms with Crippen LogP contribution in [0.1, 0.15) is 0 Å². The maximum Gasteiger partial charge on any atom is 0.143 e. The van der Waals surface area contributed by atoms with E-state index in [1.807, 2.05) is 23.5 Å². The van der Waals surface area contributed by atoms with E-state index in [0.29, 0.717) is 0 Å². The second-order valence-electron chi connectivity index (χ2n) is 15.5. The Bertz CT molecular complexity index is 3790. The Balaban J connectivity index is 1.11. The molecule has 0 atom stereocenters. The average molecular weight is 769 g/mol. The molecule has 3 heterocycles. The Morgan fingerprint density at radius 3 is 1.63 bits per heavy atom. The third kappa shape index (κ3) is 4.86. The quantitative estimate of drug-likeness (QED) is 0.167. The molecule has 0 amide bonds. The normalized spacial score (nSPS) is 12.1. The summed E-state index contributed by atoms with van der Waals surface area (Å²) in [6.45, 7) is 0. The molecular weight excluding hydrogens is 737 g/mol. The molecule has 0 fully saturated rings. The van der Waals surface area contributed by atoms with Gasteiger partial charge in [0, 0.05) is 47.5 Å². The molecule has 0 saturated heterocycles. The predicted octanol–water partition coefficient (Wildman–Crippen LogP) is 16.8. The van der Waals surface area contributed by atoms with Crippen molar-refractivity contribution in [1.82, 2.24) is 0 Å². The number of hydrogen-bond acceptors (Lipinski definition) is 3. The maximum atomic E-state index is 6.47. The largest absolute Gasteiger partial charge is 0.456 e. The van der Waals surface area contributed by atoms with E-state index in [1.54, 1.807) is 0 Å². The van der Waals surface area contributed by atoms with Gasteiger partial charge in [-0.15, -0.1) is 11.3 Å². The summed E-state index contributed by atoms with van der Waals surface area (Å²) in [5.41, 5.74) is 12.2. The van der Waals surface area contributed by atoms with Crippen molar-refractivity contribution in [3.63, 3.8) is 0 Å². The lowest BCUT2D eigenvalue weighted by Gasteiger charge is -2.19. The standard InChI is InChI=1S/C56H32O2S/c1-2-13-33(14-3-1)34-15-12-16-37(29-34)56-54(47-31-46-40-18-9-10-23-48(40)57-50(46)32-51(47)59-56)53-43-21-6-4-19-41(43)52(42-20-5-7-22-44(42)53)36-26-27-38-35(30-36)25-28-45-39-17-8-11-24-49(39)58-55(38)45/h1-32H. The fourth-order valence-corrected chi connectivity index (χ4v) is 10.8. The van der Waals surface area contributed by atoms with Crippen LogP contribution in [0.25, 0.3) is 130 Å². The van der Waals surface area contributed by atoms with Crippen molar-refractivity contribution < 1.29 is 8.83 Å². The van der Waals surface area contributed by atoms with Gasteiger partial charge in [0.05, 0.1) is 0 Å². The lowest BCUT2D eigenvalue weighted by Crippen LogP contribution is -1.92. The first-order valence-corrected chi connectivity index (χ1v) is 20.9. The third-order valence-corrected chi connectivity index (χ3v) is 13.5. The van der Waals surface area contributed by atoms with Crippen molar-refractivity contribution in [2.45, 2.75) is 0 Å². The molecular formula is C56H32O2S. The second kappa shape index (κ2) is 12.5. The van der Waals surface area contributed by atoms with Crippen LogP contribution in [0.15, 0.2) is 203 Å². The number of para-hydroxylation sites is 2. The Hall–Kier alpha value is -7.46. The third-order valence-electron chi connectivity index (χ3n) is 12.2. The van der Waals surface area contributed by atoms with Crippen LogP contribution in [0.4, 0.5) is 0 Å². The first kappa shape index (κ1) is 32.6. The van der Waals surface area contributed by atoms with Crippen LogP contribution in [0.3, 0.4) is 0 Å². The molecule has 274 valence electrons. The Morgan fingerprint density at radius 1 is 0.288 bits per heavy atom. The van der Waals surface area contributed by atoms with Crippen LogP contribution in [0, 0.1) is 0 Å². The van der Waals surface area contributed by atoms with Gasteiger partial charge in [0.1, 0.15) is 22.3 Å². The number of hydrogen-bond donors (Lipinski definition) is 0. The molecule has 0 saturated carbocycles. The lowest BCUT2D eigenvalue weighted by molar-refractivity contribution is 0.669. The second-order valence-corrected chi connectivity index (χ2v) is 16.6. The molecule has 0 aliphatic rings. The minimum absolute atomic E-state index is 0.911. The molecule has 2 nitrogen and oxygen atoms in total. The maximum absolute atomic E-state index is 6.47. The highest BCUT2D eigenvalue weighted by Crippen LogP contribution is 2.53. The summed E-state index contributed by atoms with van der Waals surface area (Å²) in [7, 11) is 0. The van der Waals surface area contributed by atoms with Gasteiger partial charge in [-0.05, 0) is 109 Å². The van der Waals surface area contributed by atoms with Crippen LogP contribution < -0.4 is 0 Å². The van der Waals surface area contributed by atoms with Gasteiger partial charge in [0.2, 0.25) is 0 Å². The molecule has 0 bridgehead atoms. The van der Waals surface area contributed by atoms with E-state index < -0.39 is 0 Å². The van der Waals surface area contributed by atoms with Gasteiger partial charge in [0.15, 0.2) is 0 Å². The van der Waals surface area contributed by atoms with Gasteiger partial charge < -0.3 is 8.83 Å². The molecule has 0 unspecified atom stereocenters. The van der Waals surface area contributed by atoms with Gasteiger partial charge in [-0.3, -0.25) is 0 Å². The number of fused-ring (bicyclic) bond motifs is 11. The van der Waals surface area contributed by atoms with Crippen LogP contribution in [-0.4, -0.2) is 0 Å². The molecule has 59 heavy (non-hydrogen) atoms. The summed E-state index contributed by atoms with van der Waals surface area (Å²) in [4.78, 5) is 1.25. The number of furan rings is 2. The van der Waals surface area contributed by atoms with Gasteiger partial charge in [0.25, 0.3) is 0 Å². The van der Waals surface area contributed by atoms with Crippen molar-refractivity contribution >= 4 is 97.6 Å². The van der Waals surface area contributed by atoms with Crippen molar-refractivity contribution in [3.8, 4) is 43.8 Å². The van der Waals surface area contributed by atoms with Gasteiger partial charge in [-0.2, -0.15) is 0 Å². The molecule has 13 aromatic rings. The first-order valence-electron chi connectivity index (χ1n) is 20.1. The van der Waals surface area contributed by atoms with Crippen molar-refractivity contribution in [2.24, 2.45) is 0 Å². The molecule has 0 radical (unpaired) electrons. The summed E-state index contributed by atoms with van der Waals surface area (Å²) in [6.07, 6.45) is 0. The summed E-state index contributed by atoms with van der Waals surface area (Å²) in [5, 5.41) is 13.0. The Labute approximate surface area is 342 Å². The van der Waals surface area contributed by atoms with Crippen LogP contribution in [0.2, 0.25) is 0 Å². The van der Waals surface area contributed by atoms with Crippen molar-refractivity contribution in [1.29, 1.82) is 0 Å². The van der Waals surface area contributed by atoms with E-state index >= 15 is 0 Å². The predicted molar refractivity (Wildman–Crippen MR) is 251 cm³/mol. The highest BCUT2D eigenvalue weighted by molar-refractivity contribution is 7.23. The van der Waals surface area contributed by atoms with Crippen molar-refractivity contribution in [3.05, 3.63) is 194 Å².